The summed E-state index contributed by atoms with van der Waals surface area (Å²) in [6, 6.07) is 1.69. The van der Waals surface area contributed by atoms with Crippen molar-refractivity contribution in [2.45, 2.75) is 71.4 Å². The molecule has 1 N–H and O–H groups in total. The molecule has 0 heterocycles. The molecule has 2 aliphatic rings. The molecule has 0 spiro atoms. The fourth-order valence-electron chi connectivity index (χ4n) is 3.94. The molecule has 0 aromatic heterocycles. The molecule has 112 valence electrons. The van der Waals surface area contributed by atoms with Gasteiger partial charge in [0.15, 0.2) is 0 Å². The van der Waals surface area contributed by atoms with E-state index < -0.39 is 0 Å². The SMILES string of the molecule is CCCN(CC1CC(C(C)C)CCC1NC)C1CC1. The van der Waals surface area contributed by atoms with Crippen LogP contribution in [-0.2, 0) is 0 Å². The van der Waals surface area contributed by atoms with Gasteiger partial charge in [0.1, 0.15) is 0 Å². The van der Waals surface area contributed by atoms with Crippen LogP contribution in [0.2, 0.25) is 0 Å². The molecule has 2 heteroatoms. The van der Waals surface area contributed by atoms with Gasteiger partial charge in [-0.1, -0.05) is 20.8 Å². The summed E-state index contributed by atoms with van der Waals surface area (Å²) in [5.41, 5.74) is 0. The second kappa shape index (κ2) is 7.08. The Morgan fingerprint density at radius 2 is 1.89 bits per heavy atom. The van der Waals surface area contributed by atoms with Gasteiger partial charge >= 0.3 is 0 Å². The van der Waals surface area contributed by atoms with Crippen LogP contribution in [0.25, 0.3) is 0 Å². The Morgan fingerprint density at radius 3 is 2.42 bits per heavy atom. The van der Waals surface area contributed by atoms with E-state index in [0.29, 0.717) is 0 Å². The third-order valence-corrected chi connectivity index (χ3v) is 5.38. The molecule has 2 saturated carbocycles. The number of hydrogen-bond acceptors (Lipinski definition) is 2. The summed E-state index contributed by atoms with van der Waals surface area (Å²) in [6.45, 7) is 9.79. The van der Waals surface area contributed by atoms with Gasteiger partial charge in [-0.2, -0.15) is 0 Å². The number of hydrogen-bond donors (Lipinski definition) is 1. The summed E-state index contributed by atoms with van der Waals surface area (Å²) in [5, 5.41) is 3.59. The largest absolute Gasteiger partial charge is 0.317 e. The summed E-state index contributed by atoms with van der Waals surface area (Å²) >= 11 is 0. The van der Waals surface area contributed by atoms with E-state index in [4.69, 9.17) is 0 Å². The Kier molecular flexibility index (Phi) is 5.70. The van der Waals surface area contributed by atoms with Gasteiger partial charge < -0.3 is 10.2 Å². The molecule has 0 aromatic rings. The highest BCUT2D eigenvalue weighted by molar-refractivity contribution is 4.91. The fraction of sp³-hybridized carbons (Fsp3) is 1.00. The van der Waals surface area contributed by atoms with Crippen molar-refractivity contribution in [1.82, 2.24) is 10.2 Å². The first-order valence-corrected chi connectivity index (χ1v) is 8.57. The van der Waals surface area contributed by atoms with E-state index in [0.717, 1.165) is 29.8 Å². The molecule has 3 atom stereocenters. The van der Waals surface area contributed by atoms with Crippen LogP contribution in [-0.4, -0.2) is 37.1 Å². The van der Waals surface area contributed by atoms with Crippen molar-refractivity contribution >= 4 is 0 Å². The third kappa shape index (κ3) is 4.19. The van der Waals surface area contributed by atoms with Crippen molar-refractivity contribution in [2.75, 3.05) is 20.1 Å². The summed E-state index contributed by atoms with van der Waals surface area (Å²) in [4.78, 5) is 2.79. The molecule has 2 fully saturated rings. The van der Waals surface area contributed by atoms with Crippen LogP contribution < -0.4 is 5.32 Å². The topological polar surface area (TPSA) is 15.3 Å². The highest BCUT2D eigenvalue weighted by Gasteiger charge is 2.35. The lowest BCUT2D eigenvalue weighted by atomic mass is 9.73. The van der Waals surface area contributed by atoms with Crippen molar-refractivity contribution in [3.05, 3.63) is 0 Å². The van der Waals surface area contributed by atoms with Crippen LogP contribution in [0.15, 0.2) is 0 Å². The van der Waals surface area contributed by atoms with E-state index in [-0.39, 0.29) is 0 Å². The van der Waals surface area contributed by atoms with E-state index in [1.165, 1.54) is 51.6 Å². The van der Waals surface area contributed by atoms with Gasteiger partial charge in [0.2, 0.25) is 0 Å². The van der Waals surface area contributed by atoms with Crippen molar-refractivity contribution in [1.29, 1.82) is 0 Å². The molecule has 0 amide bonds. The average molecular weight is 266 g/mol. The van der Waals surface area contributed by atoms with E-state index in [2.05, 4.69) is 38.0 Å². The second-order valence-electron chi connectivity index (χ2n) is 7.20. The molecule has 0 aliphatic heterocycles. The van der Waals surface area contributed by atoms with E-state index in [9.17, 15) is 0 Å². The van der Waals surface area contributed by atoms with Gasteiger partial charge in [0, 0.05) is 18.6 Å². The zero-order valence-corrected chi connectivity index (χ0v) is 13.5. The molecule has 0 aromatic carbocycles. The van der Waals surface area contributed by atoms with Gasteiger partial charge in [-0.25, -0.2) is 0 Å². The van der Waals surface area contributed by atoms with Gasteiger partial charge in [-0.3, -0.25) is 0 Å². The molecular formula is C17H34N2. The first kappa shape index (κ1) is 15.3. The fourth-order valence-corrected chi connectivity index (χ4v) is 3.94. The van der Waals surface area contributed by atoms with Gasteiger partial charge in [-0.15, -0.1) is 0 Å². The maximum Gasteiger partial charge on any atom is 0.0105 e. The van der Waals surface area contributed by atoms with Gasteiger partial charge in [0.25, 0.3) is 0 Å². The lowest BCUT2D eigenvalue weighted by Crippen LogP contribution is -2.46. The zero-order valence-electron chi connectivity index (χ0n) is 13.5. The average Bonchev–Trinajstić information content (AvgIpc) is 3.22. The Balaban J connectivity index is 1.92. The number of nitrogens with zero attached hydrogens (tertiary/aromatic N) is 1. The maximum atomic E-state index is 3.59. The third-order valence-electron chi connectivity index (χ3n) is 5.38. The van der Waals surface area contributed by atoms with E-state index in [1.807, 2.05) is 0 Å². The van der Waals surface area contributed by atoms with Crippen LogP contribution >= 0.6 is 0 Å². The Morgan fingerprint density at radius 1 is 1.16 bits per heavy atom. The highest BCUT2D eigenvalue weighted by Crippen LogP contribution is 2.36. The second-order valence-corrected chi connectivity index (χ2v) is 7.20. The molecule has 0 radical (unpaired) electrons. The monoisotopic (exact) mass is 266 g/mol. The maximum absolute atomic E-state index is 3.59. The minimum Gasteiger partial charge on any atom is -0.317 e. The van der Waals surface area contributed by atoms with Crippen LogP contribution in [0.1, 0.15) is 59.3 Å². The van der Waals surface area contributed by atoms with Crippen molar-refractivity contribution < 1.29 is 0 Å². The van der Waals surface area contributed by atoms with Crippen molar-refractivity contribution in [3.8, 4) is 0 Å². The molecule has 0 bridgehead atoms. The van der Waals surface area contributed by atoms with Gasteiger partial charge in [-0.05, 0) is 69.9 Å². The predicted molar refractivity (Wildman–Crippen MR) is 83.4 cm³/mol. The molecule has 0 saturated heterocycles. The molecule has 2 nitrogen and oxygen atoms in total. The number of nitrogens with one attached hydrogen (secondary N) is 1. The van der Waals surface area contributed by atoms with Gasteiger partial charge in [0.05, 0.1) is 0 Å². The van der Waals surface area contributed by atoms with Crippen LogP contribution in [0.3, 0.4) is 0 Å². The van der Waals surface area contributed by atoms with Crippen LogP contribution in [0.5, 0.6) is 0 Å². The summed E-state index contributed by atoms with van der Waals surface area (Å²) in [5.74, 6) is 2.69. The Hall–Kier alpha value is -0.0800. The summed E-state index contributed by atoms with van der Waals surface area (Å²) in [7, 11) is 2.16. The zero-order chi connectivity index (χ0) is 13.8. The summed E-state index contributed by atoms with van der Waals surface area (Å²) < 4.78 is 0. The number of rotatable bonds is 7. The minimum atomic E-state index is 0.758. The van der Waals surface area contributed by atoms with E-state index >= 15 is 0 Å². The van der Waals surface area contributed by atoms with Crippen molar-refractivity contribution in [3.63, 3.8) is 0 Å². The normalized spacial score (nSPS) is 32.2. The minimum absolute atomic E-state index is 0.758. The van der Waals surface area contributed by atoms with Crippen molar-refractivity contribution in [2.24, 2.45) is 17.8 Å². The lowest BCUT2D eigenvalue weighted by Gasteiger charge is -2.40. The van der Waals surface area contributed by atoms with Crippen LogP contribution in [0.4, 0.5) is 0 Å². The van der Waals surface area contributed by atoms with E-state index in [1.54, 1.807) is 0 Å². The first-order chi connectivity index (χ1) is 9.15. The molecule has 19 heavy (non-hydrogen) atoms. The Labute approximate surface area is 120 Å². The lowest BCUT2D eigenvalue weighted by molar-refractivity contribution is 0.121. The highest BCUT2D eigenvalue weighted by atomic mass is 15.2. The predicted octanol–water partition coefficient (Wildman–Crippen LogP) is 3.52. The van der Waals surface area contributed by atoms with Crippen LogP contribution in [0, 0.1) is 17.8 Å². The quantitative estimate of drug-likeness (QED) is 0.758. The molecular weight excluding hydrogens is 232 g/mol. The molecule has 2 rings (SSSR count). The molecule has 2 aliphatic carbocycles. The first-order valence-electron chi connectivity index (χ1n) is 8.57. The molecule has 3 unspecified atom stereocenters. The Bertz CT molecular complexity index is 260. The standard InChI is InChI=1S/C17H34N2/c1-5-10-19(16-7-8-16)12-15-11-14(13(2)3)6-9-17(15)18-4/h13-18H,5-12H2,1-4H3. The summed E-state index contributed by atoms with van der Waals surface area (Å²) in [6.07, 6.45) is 8.46. The smallest absolute Gasteiger partial charge is 0.0105 e.